The average Bonchev–Trinajstić information content (AvgIpc) is 3.00. The molecule has 0 spiro atoms. The molecule has 0 N–H and O–H groups in total. The number of halogens is 2. The Morgan fingerprint density at radius 2 is 1.87 bits per heavy atom. The maximum Gasteiger partial charge on any atom is 0.290 e. The lowest BCUT2D eigenvalue weighted by Gasteiger charge is -2.26. The van der Waals surface area contributed by atoms with Crippen LogP contribution in [0.1, 0.15) is 27.7 Å². The van der Waals surface area contributed by atoms with Crippen LogP contribution in [0.25, 0.3) is 11.0 Å². The van der Waals surface area contributed by atoms with Crippen LogP contribution in [0.4, 0.5) is 0 Å². The molecule has 0 unspecified atom stereocenters. The van der Waals surface area contributed by atoms with Crippen LogP contribution in [0.2, 0.25) is 10.0 Å². The first-order chi connectivity index (χ1) is 14.3. The molecule has 2 aromatic carbocycles. The molecule has 0 saturated carbocycles. The SMILES string of the molecule is COc1ccc2c(=O)c3c(oc2c1)C(=O)N(CCN(C)C)[C@@H]3c1ccc(Cl)c(Cl)c1. The van der Waals surface area contributed by atoms with E-state index in [1.54, 1.807) is 41.3 Å². The fraction of sp³-hybridized carbons (Fsp3) is 0.273. The van der Waals surface area contributed by atoms with E-state index >= 15 is 0 Å². The number of methoxy groups -OCH3 is 1. The Balaban J connectivity index is 1.94. The summed E-state index contributed by atoms with van der Waals surface area (Å²) >= 11 is 12.3. The summed E-state index contributed by atoms with van der Waals surface area (Å²) in [5, 5.41) is 1.15. The van der Waals surface area contributed by atoms with Gasteiger partial charge < -0.3 is 19.0 Å². The van der Waals surface area contributed by atoms with Crippen molar-refractivity contribution >= 4 is 40.1 Å². The van der Waals surface area contributed by atoms with Gasteiger partial charge in [-0.1, -0.05) is 29.3 Å². The number of hydrogen-bond donors (Lipinski definition) is 0. The lowest BCUT2D eigenvalue weighted by Crippen LogP contribution is -2.35. The molecule has 0 radical (unpaired) electrons. The van der Waals surface area contributed by atoms with E-state index in [0.29, 0.717) is 51.0 Å². The largest absolute Gasteiger partial charge is 0.497 e. The predicted octanol–water partition coefficient (Wildman–Crippen LogP) is 4.22. The first kappa shape index (κ1) is 20.7. The Bertz CT molecular complexity index is 1210. The van der Waals surface area contributed by atoms with Gasteiger partial charge in [0, 0.05) is 19.2 Å². The lowest BCUT2D eigenvalue weighted by molar-refractivity contribution is 0.0716. The van der Waals surface area contributed by atoms with Gasteiger partial charge in [0.25, 0.3) is 5.91 Å². The minimum absolute atomic E-state index is 0.0515. The number of carbonyl (C=O) groups is 1. The van der Waals surface area contributed by atoms with Crippen molar-refractivity contribution in [2.45, 2.75) is 6.04 Å². The molecule has 8 heteroatoms. The summed E-state index contributed by atoms with van der Waals surface area (Å²) in [4.78, 5) is 30.3. The number of hydrogen-bond acceptors (Lipinski definition) is 5. The topological polar surface area (TPSA) is 63.0 Å². The third-order valence-corrected chi connectivity index (χ3v) is 5.96. The molecule has 2 heterocycles. The summed E-state index contributed by atoms with van der Waals surface area (Å²) in [6, 6.07) is 9.49. The van der Waals surface area contributed by atoms with E-state index in [1.807, 2.05) is 19.0 Å². The molecule has 30 heavy (non-hydrogen) atoms. The smallest absolute Gasteiger partial charge is 0.290 e. The standard InChI is InChI=1S/C22H20Cl2N2O4/c1-25(2)8-9-26-19(12-4-7-15(23)16(24)10-12)18-20(27)14-6-5-13(29-3)11-17(14)30-21(18)22(26)28/h4-7,10-11,19H,8-9H2,1-3H3/t19-/m1/s1. The molecule has 0 bridgehead atoms. The number of fused-ring (bicyclic) bond motifs is 2. The minimum Gasteiger partial charge on any atom is -0.497 e. The van der Waals surface area contributed by atoms with E-state index in [2.05, 4.69) is 0 Å². The highest BCUT2D eigenvalue weighted by Gasteiger charge is 2.42. The average molecular weight is 447 g/mol. The monoisotopic (exact) mass is 446 g/mol. The number of nitrogens with zero attached hydrogens (tertiary/aromatic N) is 2. The Morgan fingerprint density at radius 1 is 1.10 bits per heavy atom. The number of amides is 1. The van der Waals surface area contributed by atoms with Gasteiger partial charge >= 0.3 is 0 Å². The molecule has 1 aromatic heterocycles. The quantitative estimate of drug-likeness (QED) is 0.586. The van der Waals surface area contributed by atoms with Crippen molar-refractivity contribution < 1.29 is 13.9 Å². The lowest BCUT2D eigenvalue weighted by atomic mass is 9.98. The second kappa shape index (κ2) is 7.95. The van der Waals surface area contributed by atoms with Gasteiger partial charge in [0.15, 0.2) is 5.43 Å². The molecule has 4 rings (SSSR count). The third-order valence-electron chi connectivity index (χ3n) is 5.22. The van der Waals surface area contributed by atoms with Crippen LogP contribution in [-0.4, -0.2) is 50.0 Å². The van der Waals surface area contributed by atoms with Gasteiger partial charge in [-0.3, -0.25) is 9.59 Å². The van der Waals surface area contributed by atoms with Gasteiger partial charge in [-0.25, -0.2) is 0 Å². The Labute approximate surface area is 183 Å². The summed E-state index contributed by atoms with van der Waals surface area (Å²) in [5.74, 6) is 0.266. The fourth-order valence-corrected chi connectivity index (χ4v) is 4.00. The molecule has 156 valence electrons. The van der Waals surface area contributed by atoms with Crippen molar-refractivity contribution in [1.82, 2.24) is 9.80 Å². The molecule has 6 nitrogen and oxygen atoms in total. The van der Waals surface area contributed by atoms with Gasteiger partial charge in [0.1, 0.15) is 11.3 Å². The molecule has 1 aliphatic heterocycles. The summed E-state index contributed by atoms with van der Waals surface area (Å²) < 4.78 is 11.2. The highest BCUT2D eigenvalue weighted by atomic mass is 35.5. The van der Waals surface area contributed by atoms with E-state index in [-0.39, 0.29) is 17.1 Å². The van der Waals surface area contributed by atoms with Crippen molar-refractivity contribution in [3.05, 3.63) is 73.6 Å². The summed E-state index contributed by atoms with van der Waals surface area (Å²) in [6.45, 7) is 1.04. The van der Waals surface area contributed by atoms with Crippen molar-refractivity contribution in [1.29, 1.82) is 0 Å². The number of rotatable bonds is 5. The second-order valence-corrected chi connectivity index (χ2v) is 8.23. The fourth-order valence-electron chi connectivity index (χ4n) is 3.69. The zero-order valence-corrected chi connectivity index (χ0v) is 18.3. The molecule has 0 aliphatic carbocycles. The first-order valence-corrected chi connectivity index (χ1v) is 10.1. The highest BCUT2D eigenvalue weighted by Crippen LogP contribution is 2.39. The van der Waals surface area contributed by atoms with E-state index in [4.69, 9.17) is 32.4 Å². The Kier molecular flexibility index (Phi) is 5.49. The molecule has 0 fully saturated rings. The van der Waals surface area contributed by atoms with E-state index in [1.165, 1.54) is 7.11 Å². The minimum atomic E-state index is -0.607. The number of benzene rings is 2. The molecule has 1 atom stereocenters. The Morgan fingerprint density at radius 3 is 2.53 bits per heavy atom. The van der Waals surface area contributed by atoms with Crippen LogP contribution in [-0.2, 0) is 0 Å². The van der Waals surface area contributed by atoms with Gasteiger partial charge in [-0.05, 0) is 43.9 Å². The third kappa shape index (κ3) is 3.45. The molecular formula is C22H20Cl2N2O4. The van der Waals surface area contributed by atoms with Crippen LogP contribution in [0.5, 0.6) is 5.75 Å². The first-order valence-electron chi connectivity index (χ1n) is 9.37. The van der Waals surface area contributed by atoms with Crippen molar-refractivity contribution in [3.63, 3.8) is 0 Å². The van der Waals surface area contributed by atoms with Crippen molar-refractivity contribution in [3.8, 4) is 5.75 Å². The Hall–Kier alpha value is -2.54. The number of carbonyl (C=O) groups excluding carboxylic acids is 1. The van der Waals surface area contributed by atoms with Crippen LogP contribution in [0.3, 0.4) is 0 Å². The zero-order chi connectivity index (χ0) is 21.6. The number of ether oxygens (including phenoxy) is 1. The predicted molar refractivity (Wildman–Crippen MR) is 117 cm³/mol. The summed E-state index contributed by atoms with van der Waals surface area (Å²) in [6.07, 6.45) is 0. The van der Waals surface area contributed by atoms with Crippen LogP contribution in [0, 0.1) is 0 Å². The van der Waals surface area contributed by atoms with Crippen LogP contribution in [0.15, 0.2) is 45.6 Å². The van der Waals surface area contributed by atoms with Crippen molar-refractivity contribution in [2.75, 3.05) is 34.3 Å². The molecule has 3 aromatic rings. The number of likely N-dealkylation sites (N-methyl/N-ethyl adjacent to an activating group) is 1. The molecule has 1 amide bonds. The van der Waals surface area contributed by atoms with Crippen molar-refractivity contribution in [2.24, 2.45) is 0 Å². The molecule has 0 saturated heterocycles. The van der Waals surface area contributed by atoms with Gasteiger partial charge in [0.2, 0.25) is 5.76 Å². The maximum absolute atomic E-state index is 13.4. The van der Waals surface area contributed by atoms with E-state index < -0.39 is 6.04 Å². The van der Waals surface area contributed by atoms with Gasteiger partial charge in [-0.2, -0.15) is 0 Å². The maximum atomic E-state index is 13.4. The van der Waals surface area contributed by atoms with Crippen LogP contribution >= 0.6 is 23.2 Å². The molecular weight excluding hydrogens is 427 g/mol. The van der Waals surface area contributed by atoms with Gasteiger partial charge in [-0.15, -0.1) is 0 Å². The summed E-state index contributed by atoms with van der Waals surface area (Å²) in [7, 11) is 5.37. The van der Waals surface area contributed by atoms with Crippen LogP contribution < -0.4 is 10.2 Å². The second-order valence-electron chi connectivity index (χ2n) is 7.41. The highest BCUT2D eigenvalue weighted by molar-refractivity contribution is 6.42. The van der Waals surface area contributed by atoms with Gasteiger partial charge in [0.05, 0.1) is 34.1 Å². The van der Waals surface area contributed by atoms with E-state index in [9.17, 15) is 9.59 Å². The molecule has 1 aliphatic rings. The zero-order valence-electron chi connectivity index (χ0n) is 16.7. The normalized spacial score (nSPS) is 15.9. The van der Waals surface area contributed by atoms with E-state index in [0.717, 1.165) is 0 Å². The summed E-state index contributed by atoms with van der Waals surface area (Å²) in [5.41, 5.74) is 1.09.